The molecular weight excluding hydrogens is 367 g/mol. The topological polar surface area (TPSA) is 59.4 Å². The number of rotatable bonds is 3. The number of nitrogens with one attached hydrogen (secondary N) is 1. The van der Waals surface area contributed by atoms with Crippen molar-refractivity contribution in [2.75, 3.05) is 0 Å². The predicted octanol–water partition coefficient (Wildman–Crippen LogP) is 4.92. The van der Waals surface area contributed by atoms with Gasteiger partial charge in [0.05, 0.1) is 22.4 Å². The highest BCUT2D eigenvalue weighted by Gasteiger charge is 2.33. The number of H-pyrrole nitrogens is 1. The van der Waals surface area contributed by atoms with Crippen molar-refractivity contribution in [3.05, 3.63) is 47.0 Å². The summed E-state index contributed by atoms with van der Waals surface area (Å²) in [5.41, 5.74) is 0.874. The molecule has 0 saturated carbocycles. The number of alkyl halides is 3. The maximum Gasteiger partial charge on any atom is 0.433 e. The van der Waals surface area contributed by atoms with E-state index in [1.54, 1.807) is 22.9 Å². The first-order valence-corrected chi connectivity index (χ1v) is 8.35. The van der Waals surface area contributed by atoms with Crippen LogP contribution in [0.25, 0.3) is 27.8 Å². The van der Waals surface area contributed by atoms with Crippen LogP contribution in [0.1, 0.15) is 24.9 Å². The van der Waals surface area contributed by atoms with Gasteiger partial charge in [-0.2, -0.15) is 18.3 Å². The Morgan fingerprint density at radius 1 is 1.19 bits per heavy atom. The Hall–Kier alpha value is -2.61. The standard InChI is InChI=1S/C17H13ClF3N5/c1-2-3-14-23-12-4-5-13(17(19,20)21)24-16(12)26(14)10-6-9-8-22-25-15(9)11(18)7-10/h4-8H,2-3H2,1H3,(H,22,25). The van der Waals surface area contributed by atoms with Crippen LogP contribution in [0.3, 0.4) is 0 Å². The number of halogens is 4. The Kier molecular flexibility index (Phi) is 3.87. The fourth-order valence-corrected chi connectivity index (χ4v) is 3.22. The fraction of sp³-hybridized carbons (Fsp3) is 0.235. The van der Waals surface area contributed by atoms with Crippen LogP contribution in [0, 0.1) is 0 Å². The third-order valence-corrected chi connectivity index (χ3v) is 4.38. The molecule has 1 N–H and O–H groups in total. The van der Waals surface area contributed by atoms with Crippen molar-refractivity contribution in [2.24, 2.45) is 0 Å². The highest BCUT2D eigenvalue weighted by molar-refractivity contribution is 6.35. The summed E-state index contributed by atoms with van der Waals surface area (Å²) in [6.45, 7) is 1.98. The molecule has 0 amide bonds. The molecular formula is C17H13ClF3N5. The van der Waals surface area contributed by atoms with Crippen molar-refractivity contribution in [1.29, 1.82) is 0 Å². The van der Waals surface area contributed by atoms with Crippen LogP contribution in [0.15, 0.2) is 30.5 Å². The molecule has 0 saturated heterocycles. The molecule has 0 fully saturated rings. The van der Waals surface area contributed by atoms with Crippen molar-refractivity contribution in [1.82, 2.24) is 24.7 Å². The number of benzene rings is 1. The van der Waals surface area contributed by atoms with Gasteiger partial charge in [-0.1, -0.05) is 18.5 Å². The first-order chi connectivity index (χ1) is 12.4. The van der Waals surface area contributed by atoms with E-state index in [0.717, 1.165) is 17.9 Å². The van der Waals surface area contributed by atoms with Crippen LogP contribution < -0.4 is 0 Å². The molecule has 0 bridgehead atoms. The molecule has 3 aromatic heterocycles. The minimum absolute atomic E-state index is 0.155. The lowest BCUT2D eigenvalue weighted by atomic mass is 10.2. The molecule has 0 aliphatic carbocycles. The van der Waals surface area contributed by atoms with Gasteiger partial charge in [-0.25, -0.2) is 9.97 Å². The van der Waals surface area contributed by atoms with Crippen molar-refractivity contribution in [2.45, 2.75) is 25.9 Å². The van der Waals surface area contributed by atoms with Crippen molar-refractivity contribution in [3.8, 4) is 5.69 Å². The monoisotopic (exact) mass is 379 g/mol. The summed E-state index contributed by atoms with van der Waals surface area (Å²) >= 11 is 6.30. The minimum Gasteiger partial charge on any atom is -0.281 e. The van der Waals surface area contributed by atoms with Gasteiger partial charge in [0, 0.05) is 11.8 Å². The van der Waals surface area contributed by atoms with Crippen molar-refractivity contribution >= 4 is 33.7 Å². The molecule has 26 heavy (non-hydrogen) atoms. The zero-order valence-electron chi connectivity index (χ0n) is 13.6. The Bertz CT molecular complexity index is 1110. The van der Waals surface area contributed by atoms with Gasteiger partial charge in [0.15, 0.2) is 5.65 Å². The van der Waals surface area contributed by atoms with Gasteiger partial charge in [0.2, 0.25) is 0 Å². The fourth-order valence-electron chi connectivity index (χ4n) is 2.95. The zero-order chi connectivity index (χ0) is 18.5. The van der Waals surface area contributed by atoms with Crippen LogP contribution in [-0.2, 0) is 12.6 Å². The molecule has 3 heterocycles. The molecule has 0 aliphatic heterocycles. The van der Waals surface area contributed by atoms with Gasteiger partial charge in [0.1, 0.15) is 17.0 Å². The van der Waals surface area contributed by atoms with E-state index >= 15 is 0 Å². The summed E-state index contributed by atoms with van der Waals surface area (Å²) in [6, 6.07) is 5.76. The van der Waals surface area contributed by atoms with Gasteiger partial charge < -0.3 is 0 Å². The molecule has 134 valence electrons. The number of pyridine rings is 1. The second-order valence-corrected chi connectivity index (χ2v) is 6.32. The molecule has 4 rings (SSSR count). The van der Waals surface area contributed by atoms with Crippen LogP contribution in [0.5, 0.6) is 0 Å². The number of hydrogen-bond donors (Lipinski definition) is 1. The van der Waals surface area contributed by atoms with Crippen LogP contribution in [0.2, 0.25) is 5.02 Å². The normalized spacial score (nSPS) is 12.3. The number of fused-ring (bicyclic) bond motifs is 2. The molecule has 0 unspecified atom stereocenters. The number of hydrogen-bond acceptors (Lipinski definition) is 3. The Morgan fingerprint density at radius 3 is 2.73 bits per heavy atom. The molecule has 5 nitrogen and oxygen atoms in total. The third-order valence-electron chi connectivity index (χ3n) is 4.08. The van der Waals surface area contributed by atoms with Crippen LogP contribution in [0.4, 0.5) is 13.2 Å². The van der Waals surface area contributed by atoms with Gasteiger partial charge in [-0.15, -0.1) is 0 Å². The van der Waals surface area contributed by atoms with E-state index in [0.29, 0.717) is 34.0 Å². The van der Waals surface area contributed by atoms with E-state index in [9.17, 15) is 13.2 Å². The van der Waals surface area contributed by atoms with E-state index in [1.807, 2.05) is 6.92 Å². The summed E-state index contributed by atoms with van der Waals surface area (Å²) < 4.78 is 41.0. The zero-order valence-corrected chi connectivity index (χ0v) is 14.4. The van der Waals surface area contributed by atoms with E-state index in [4.69, 9.17) is 11.6 Å². The number of aromatic amines is 1. The first-order valence-electron chi connectivity index (χ1n) is 7.97. The third kappa shape index (κ3) is 2.70. The molecule has 0 aliphatic rings. The second kappa shape index (κ2) is 5.98. The average Bonchev–Trinajstić information content (AvgIpc) is 3.17. The Morgan fingerprint density at radius 2 is 2.00 bits per heavy atom. The SMILES string of the molecule is CCCc1nc2ccc(C(F)(F)F)nc2n1-c1cc(Cl)c2[nH]ncc2c1. The highest BCUT2D eigenvalue weighted by Crippen LogP contribution is 2.32. The summed E-state index contributed by atoms with van der Waals surface area (Å²) in [4.78, 5) is 8.30. The summed E-state index contributed by atoms with van der Waals surface area (Å²) in [6.07, 6.45) is -1.53. The number of aromatic nitrogens is 5. The first kappa shape index (κ1) is 16.8. The largest absolute Gasteiger partial charge is 0.433 e. The molecule has 0 atom stereocenters. The average molecular weight is 380 g/mol. The molecule has 0 radical (unpaired) electrons. The van der Waals surface area contributed by atoms with Gasteiger partial charge >= 0.3 is 6.18 Å². The highest BCUT2D eigenvalue weighted by atomic mass is 35.5. The minimum atomic E-state index is -4.53. The number of imidazole rings is 1. The molecule has 0 spiro atoms. The van der Waals surface area contributed by atoms with Crippen LogP contribution >= 0.6 is 11.6 Å². The molecule has 9 heteroatoms. The van der Waals surface area contributed by atoms with Crippen LogP contribution in [-0.4, -0.2) is 24.7 Å². The lowest BCUT2D eigenvalue weighted by Gasteiger charge is -2.11. The summed E-state index contributed by atoms with van der Waals surface area (Å²) in [7, 11) is 0. The van der Waals surface area contributed by atoms with E-state index in [-0.39, 0.29) is 5.65 Å². The van der Waals surface area contributed by atoms with Gasteiger partial charge in [0.25, 0.3) is 0 Å². The number of nitrogens with zero attached hydrogens (tertiary/aromatic N) is 4. The summed E-state index contributed by atoms with van der Waals surface area (Å²) in [5.74, 6) is 0.633. The smallest absolute Gasteiger partial charge is 0.281 e. The second-order valence-electron chi connectivity index (χ2n) is 5.91. The Labute approximate surface area is 150 Å². The van der Waals surface area contributed by atoms with E-state index < -0.39 is 11.9 Å². The van der Waals surface area contributed by atoms with E-state index in [2.05, 4.69) is 20.2 Å². The maximum absolute atomic E-state index is 13.1. The van der Waals surface area contributed by atoms with Crippen molar-refractivity contribution < 1.29 is 13.2 Å². The Balaban J connectivity index is 2.02. The molecule has 1 aromatic carbocycles. The van der Waals surface area contributed by atoms with Crippen molar-refractivity contribution in [3.63, 3.8) is 0 Å². The van der Waals surface area contributed by atoms with E-state index in [1.165, 1.54) is 6.07 Å². The van der Waals surface area contributed by atoms with Gasteiger partial charge in [-0.3, -0.25) is 9.67 Å². The number of aryl methyl sites for hydroxylation is 1. The van der Waals surface area contributed by atoms with Gasteiger partial charge in [-0.05, 0) is 30.7 Å². The maximum atomic E-state index is 13.1. The quantitative estimate of drug-likeness (QED) is 0.549. The predicted molar refractivity (Wildman–Crippen MR) is 92.5 cm³/mol. The lowest BCUT2D eigenvalue weighted by molar-refractivity contribution is -0.141. The molecule has 4 aromatic rings. The summed E-state index contributed by atoms with van der Waals surface area (Å²) in [5, 5.41) is 7.92. The lowest BCUT2D eigenvalue weighted by Crippen LogP contribution is -2.09.